The third-order valence-corrected chi connectivity index (χ3v) is 3.25. The van der Waals surface area contributed by atoms with Crippen LogP contribution in [0.25, 0.3) is 11.4 Å². The number of alkyl halides is 3. The lowest BCUT2D eigenvalue weighted by Gasteiger charge is -2.09. The summed E-state index contributed by atoms with van der Waals surface area (Å²) in [6.45, 7) is 1.39. The van der Waals surface area contributed by atoms with E-state index in [2.05, 4.69) is 15.3 Å². The number of nitrogens with zero attached hydrogens (tertiary/aromatic N) is 1. The Kier molecular flexibility index (Phi) is 3.01. The van der Waals surface area contributed by atoms with Gasteiger partial charge in [0.2, 0.25) is 0 Å². The highest BCUT2D eigenvalue weighted by atomic mass is 19.4. The summed E-state index contributed by atoms with van der Waals surface area (Å²) in [5.74, 6) is -0.941. The molecule has 106 valence electrons. The lowest BCUT2D eigenvalue weighted by molar-refractivity contribution is -0.139. The highest BCUT2D eigenvalue weighted by molar-refractivity contribution is 5.58. The van der Waals surface area contributed by atoms with Crippen LogP contribution in [0.1, 0.15) is 17.0 Å². The van der Waals surface area contributed by atoms with Crippen molar-refractivity contribution in [3.8, 4) is 11.4 Å². The molecule has 0 unspecified atom stereocenters. The molecule has 0 atom stereocenters. The van der Waals surface area contributed by atoms with Crippen LogP contribution in [0.15, 0.2) is 18.2 Å². The van der Waals surface area contributed by atoms with Gasteiger partial charge in [0.05, 0.1) is 17.0 Å². The normalized spacial score (nSPS) is 15.2. The number of nitrogens with one attached hydrogen (secondary N) is 2. The summed E-state index contributed by atoms with van der Waals surface area (Å²) in [5, 5.41) is 3.14. The van der Waals surface area contributed by atoms with E-state index in [4.69, 9.17) is 0 Å². The highest BCUT2D eigenvalue weighted by Gasteiger charge is 2.34. The lowest BCUT2D eigenvalue weighted by Crippen LogP contribution is -2.23. The van der Waals surface area contributed by atoms with Crippen molar-refractivity contribution < 1.29 is 17.6 Å². The van der Waals surface area contributed by atoms with Crippen LogP contribution in [0.4, 0.5) is 17.6 Å². The average Bonchev–Trinajstić information content (AvgIpc) is 2.81. The van der Waals surface area contributed by atoms with Gasteiger partial charge in [0.1, 0.15) is 11.6 Å². The summed E-state index contributed by atoms with van der Waals surface area (Å²) >= 11 is 0. The molecule has 7 heteroatoms. The van der Waals surface area contributed by atoms with Crippen molar-refractivity contribution in [2.75, 3.05) is 6.54 Å². The number of fused-ring (bicyclic) bond motifs is 1. The van der Waals surface area contributed by atoms with Gasteiger partial charge in [-0.3, -0.25) is 0 Å². The Morgan fingerprint density at radius 1 is 1.20 bits per heavy atom. The SMILES string of the molecule is Fc1ccc(-c2nc3c([nH]2)CNCC3)cc1C(F)(F)F. The Morgan fingerprint density at radius 2 is 2.00 bits per heavy atom. The first kappa shape index (κ1) is 13.1. The summed E-state index contributed by atoms with van der Waals surface area (Å²) < 4.78 is 51.3. The van der Waals surface area contributed by atoms with Crippen molar-refractivity contribution in [2.45, 2.75) is 19.1 Å². The Balaban J connectivity index is 2.04. The summed E-state index contributed by atoms with van der Waals surface area (Å²) in [6.07, 6.45) is -3.99. The van der Waals surface area contributed by atoms with Crippen LogP contribution >= 0.6 is 0 Å². The van der Waals surface area contributed by atoms with Gasteiger partial charge in [-0.15, -0.1) is 0 Å². The fourth-order valence-corrected chi connectivity index (χ4v) is 2.25. The number of hydrogen-bond donors (Lipinski definition) is 2. The third kappa shape index (κ3) is 2.29. The Hall–Kier alpha value is -1.89. The van der Waals surface area contributed by atoms with Crippen molar-refractivity contribution in [3.63, 3.8) is 0 Å². The van der Waals surface area contributed by atoms with E-state index in [9.17, 15) is 17.6 Å². The molecule has 0 radical (unpaired) electrons. The number of aromatic nitrogens is 2. The first-order chi connectivity index (χ1) is 9.45. The van der Waals surface area contributed by atoms with E-state index in [0.29, 0.717) is 12.4 Å². The van der Waals surface area contributed by atoms with E-state index in [-0.39, 0.29) is 5.56 Å². The Morgan fingerprint density at radius 3 is 2.70 bits per heavy atom. The van der Waals surface area contributed by atoms with Crippen LogP contribution < -0.4 is 5.32 Å². The van der Waals surface area contributed by atoms with E-state index < -0.39 is 17.6 Å². The van der Waals surface area contributed by atoms with Gasteiger partial charge in [-0.05, 0) is 18.2 Å². The predicted molar refractivity (Wildman–Crippen MR) is 64.4 cm³/mol. The molecule has 0 spiro atoms. The Bertz CT molecular complexity index is 622. The molecule has 0 saturated heterocycles. The van der Waals surface area contributed by atoms with Crippen molar-refractivity contribution >= 4 is 0 Å². The quantitative estimate of drug-likeness (QED) is 0.791. The van der Waals surface area contributed by atoms with Gasteiger partial charge in [-0.25, -0.2) is 9.37 Å². The number of rotatable bonds is 1. The fraction of sp³-hybridized carbons (Fsp3) is 0.308. The second-order valence-electron chi connectivity index (χ2n) is 4.63. The molecule has 0 fully saturated rings. The minimum atomic E-state index is -4.71. The molecule has 2 heterocycles. The molecule has 2 N–H and O–H groups in total. The van der Waals surface area contributed by atoms with Crippen molar-refractivity contribution in [1.82, 2.24) is 15.3 Å². The van der Waals surface area contributed by atoms with Gasteiger partial charge < -0.3 is 10.3 Å². The number of benzene rings is 1. The van der Waals surface area contributed by atoms with Crippen molar-refractivity contribution in [2.24, 2.45) is 0 Å². The largest absolute Gasteiger partial charge is 0.419 e. The van der Waals surface area contributed by atoms with Crippen LogP contribution in [-0.2, 0) is 19.1 Å². The maximum atomic E-state index is 13.2. The molecule has 1 aromatic carbocycles. The molecular weight excluding hydrogens is 274 g/mol. The standard InChI is InChI=1S/C13H11F4N3/c14-9-2-1-7(5-8(9)13(15,16)17)12-19-10-3-4-18-6-11(10)20-12/h1-2,5,18H,3-4,6H2,(H,19,20). The first-order valence-electron chi connectivity index (χ1n) is 6.11. The van der Waals surface area contributed by atoms with Gasteiger partial charge >= 0.3 is 6.18 Å². The zero-order valence-corrected chi connectivity index (χ0v) is 10.3. The molecule has 1 aliphatic heterocycles. The summed E-state index contributed by atoms with van der Waals surface area (Å²) in [4.78, 5) is 7.27. The molecule has 2 aromatic rings. The van der Waals surface area contributed by atoms with E-state index in [1.807, 2.05) is 0 Å². The van der Waals surface area contributed by atoms with Crippen LogP contribution in [0.3, 0.4) is 0 Å². The van der Waals surface area contributed by atoms with E-state index in [1.54, 1.807) is 0 Å². The Labute approximate surface area is 112 Å². The van der Waals surface area contributed by atoms with Gasteiger partial charge in [0.25, 0.3) is 0 Å². The molecule has 0 aliphatic carbocycles. The average molecular weight is 285 g/mol. The number of H-pyrrole nitrogens is 1. The second kappa shape index (κ2) is 4.59. The molecule has 1 aliphatic rings. The minimum Gasteiger partial charge on any atom is -0.341 e. The van der Waals surface area contributed by atoms with Crippen molar-refractivity contribution in [1.29, 1.82) is 0 Å². The molecule has 3 rings (SSSR count). The maximum absolute atomic E-state index is 13.2. The zero-order chi connectivity index (χ0) is 14.3. The van der Waals surface area contributed by atoms with E-state index in [0.717, 1.165) is 36.5 Å². The summed E-state index contributed by atoms with van der Waals surface area (Å²) in [6, 6.07) is 2.90. The topological polar surface area (TPSA) is 40.7 Å². The molecule has 3 nitrogen and oxygen atoms in total. The van der Waals surface area contributed by atoms with Crippen LogP contribution in [-0.4, -0.2) is 16.5 Å². The van der Waals surface area contributed by atoms with Crippen LogP contribution in [0.5, 0.6) is 0 Å². The summed E-state index contributed by atoms with van der Waals surface area (Å²) in [7, 11) is 0. The zero-order valence-electron chi connectivity index (χ0n) is 10.3. The van der Waals surface area contributed by atoms with E-state index in [1.165, 1.54) is 6.07 Å². The molecule has 0 saturated carbocycles. The number of hydrogen-bond acceptors (Lipinski definition) is 2. The second-order valence-corrected chi connectivity index (χ2v) is 4.63. The number of aromatic amines is 1. The lowest BCUT2D eigenvalue weighted by atomic mass is 10.1. The molecule has 0 amide bonds. The van der Waals surface area contributed by atoms with Gasteiger partial charge in [-0.2, -0.15) is 13.2 Å². The minimum absolute atomic E-state index is 0.230. The third-order valence-electron chi connectivity index (χ3n) is 3.25. The predicted octanol–water partition coefficient (Wildman–Crippen LogP) is 2.88. The number of imidazole rings is 1. The molecular formula is C13H11F4N3. The molecule has 0 bridgehead atoms. The van der Waals surface area contributed by atoms with Gasteiger partial charge in [0, 0.05) is 25.1 Å². The monoisotopic (exact) mass is 285 g/mol. The van der Waals surface area contributed by atoms with E-state index >= 15 is 0 Å². The highest BCUT2D eigenvalue weighted by Crippen LogP contribution is 2.34. The van der Waals surface area contributed by atoms with Gasteiger partial charge in [-0.1, -0.05) is 0 Å². The first-order valence-corrected chi connectivity index (χ1v) is 6.11. The fourth-order valence-electron chi connectivity index (χ4n) is 2.25. The number of halogens is 4. The maximum Gasteiger partial charge on any atom is 0.419 e. The van der Waals surface area contributed by atoms with Crippen LogP contribution in [0.2, 0.25) is 0 Å². The smallest absolute Gasteiger partial charge is 0.341 e. The van der Waals surface area contributed by atoms with Crippen molar-refractivity contribution in [3.05, 3.63) is 41.0 Å². The van der Waals surface area contributed by atoms with Crippen LogP contribution in [0, 0.1) is 5.82 Å². The molecule has 20 heavy (non-hydrogen) atoms. The summed E-state index contributed by atoms with van der Waals surface area (Å²) in [5.41, 5.74) is 0.663. The molecule has 1 aromatic heterocycles. The van der Waals surface area contributed by atoms with Gasteiger partial charge in [0.15, 0.2) is 0 Å².